The van der Waals surface area contributed by atoms with Crippen LogP contribution in [-0.4, -0.2) is 46.4 Å². The first-order valence-electron chi connectivity index (χ1n) is 10.4. The van der Waals surface area contributed by atoms with E-state index in [1.807, 2.05) is 12.1 Å². The molecular weight excluding hydrogens is 343 g/mol. The van der Waals surface area contributed by atoms with E-state index in [9.17, 15) is 4.39 Å². The number of benzene rings is 1. The van der Waals surface area contributed by atoms with Crippen LogP contribution in [-0.2, 0) is 0 Å². The monoisotopic (exact) mass is 373 g/mol. The first-order chi connectivity index (χ1) is 13.3. The van der Waals surface area contributed by atoms with Gasteiger partial charge < -0.3 is 9.80 Å². The molecule has 1 aromatic carbocycles. The lowest BCUT2D eigenvalue weighted by atomic mass is 9.95. The Morgan fingerprint density at radius 1 is 1.15 bits per heavy atom. The number of hydrogen-bond acceptors (Lipinski definition) is 4. The smallest absolute Gasteiger partial charge is 0.209 e. The Bertz CT molecular complexity index is 734. The third-order valence-corrected chi connectivity index (χ3v) is 6.25. The normalized spacial score (nSPS) is 20.7. The Kier molecular flexibility index (Phi) is 5.66. The van der Waals surface area contributed by atoms with Gasteiger partial charge in [0, 0.05) is 6.42 Å². The van der Waals surface area contributed by atoms with Gasteiger partial charge in [0.2, 0.25) is 5.82 Å². The van der Waals surface area contributed by atoms with Crippen LogP contribution < -0.4 is 9.80 Å². The standard InChI is InChI=1S/C20H29FN6/c1-2-18(20-22-23-24-27(20)16-8-4-3-5-9-16)25-12-14-26(15-13-25)19-11-7-6-10-17(19)21/h6-7,10-11,16,18H,2-5,8-9,12-15H2,1H3/p+1/t18-/m0/s1. The average molecular weight is 374 g/mol. The molecule has 0 radical (unpaired) electrons. The van der Waals surface area contributed by atoms with E-state index in [4.69, 9.17) is 0 Å². The summed E-state index contributed by atoms with van der Waals surface area (Å²) in [7, 11) is 0. The lowest BCUT2D eigenvalue weighted by Gasteiger charge is -2.37. The number of halogens is 1. The molecular formula is C20H30FN6+. The van der Waals surface area contributed by atoms with Crippen LogP contribution in [0.15, 0.2) is 24.3 Å². The number of para-hydroxylation sites is 1. The van der Waals surface area contributed by atoms with Gasteiger partial charge in [-0.2, -0.15) is 0 Å². The molecule has 6 nitrogen and oxygen atoms in total. The molecule has 1 atom stereocenters. The zero-order valence-corrected chi connectivity index (χ0v) is 16.1. The van der Waals surface area contributed by atoms with Crippen LogP contribution in [0.5, 0.6) is 0 Å². The van der Waals surface area contributed by atoms with Crippen molar-refractivity contribution in [1.82, 2.24) is 20.2 Å². The summed E-state index contributed by atoms with van der Waals surface area (Å²) >= 11 is 0. The SMILES string of the molecule is CC[C@@H](c1nnnn1C1CCCCC1)[NH+]1CCN(c2ccccc2F)CC1. The molecule has 0 amide bonds. The molecule has 2 heterocycles. The molecule has 2 aliphatic rings. The molecule has 2 aromatic rings. The minimum Gasteiger partial charge on any atom is -0.358 e. The van der Waals surface area contributed by atoms with E-state index in [2.05, 4.69) is 32.0 Å². The summed E-state index contributed by atoms with van der Waals surface area (Å²) in [4.78, 5) is 3.67. The molecule has 27 heavy (non-hydrogen) atoms. The maximum absolute atomic E-state index is 14.1. The van der Waals surface area contributed by atoms with E-state index in [0.29, 0.717) is 12.1 Å². The summed E-state index contributed by atoms with van der Waals surface area (Å²) in [5.41, 5.74) is 0.719. The molecule has 0 spiro atoms. The number of rotatable bonds is 5. The van der Waals surface area contributed by atoms with Crippen molar-refractivity contribution in [3.63, 3.8) is 0 Å². The largest absolute Gasteiger partial charge is 0.358 e. The number of aromatic nitrogens is 4. The molecule has 1 saturated heterocycles. The highest BCUT2D eigenvalue weighted by Gasteiger charge is 2.33. The van der Waals surface area contributed by atoms with Gasteiger partial charge in [0.1, 0.15) is 11.9 Å². The van der Waals surface area contributed by atoms with Crippen LogP contribution in [0.4, 0.5) is 10.1 Å². The summed E-state index contributed by atoms with van der Waals surface area (Å²) in [6, 6.07) is 7.84. The Labute approximate surface area is 160 Å². The predicted octanol–water partition coefficient (Wildman–Crippen LogP) is 2.17. The quantitative estimate of drug-likeness (QED) is 0.873. The van der Waals surface area contributed by atoms with Gasteiger partial charge in [-0.05, 0) is 35.4 Å². The van der Waals surface area contributed by atoms with E-state index >= 15 is 0 Å². The molecule has 7 heteroatoms. The van der Waals surface area contributed by atoms with Crippen LogP contribution >= 0.6 is 0 Å². The summed E-state index contributed by atoms with van der Waals surface area (Å²) < 4.78 is 16.2. The molecule has 0 bridgehead atoms. The zero-order valence-electron chi connectivity index (χ0n) is 16.1. The van der Waals surface area contributed by atoms with Crippen molar-refractivity contribution < 1.29 is 9.29 Å². The second kappa shape index (κ2) is 8.33. The first kappa shape index (κ1) is 18.3. The number of quaternary nitrogens is 1. The molecule has 0 unspecified atom stereocenters. The Balaban J connectivity index is 1.46. The van der Waals surface area contributed by atoms with Gasteiger partial charge in [0.25, 0.3) is 0 Å². The lowest BCUT2D eigenvalue weighted by Crippen LogP contribution is -3.15. The number of anilines is 1. The van der Waals surface area contributed by atoms with E-state index in [0.717, 1.165) is 44.1 Å². The predicted molar refractivity (Wildman–Crippen MR) is 102 cm³/mol. The van der Waals surface area contributed by atoms with Gasteiger partial charge in [-0.1, -0.05) is 38.3 Å². The second-order valence-corrected chi connectivity index (χ2v) is 7.83. The summed E-state index contributed by atoms with van der Waals surface area (Å²) in [5, 5.41) is 12.8. The highest BCUT2D eigenvalue weighted by molar-refractivity contribution is 5.47. The summed E-state index contributed by atoms with van der Waals surface area (Å²) in [6.45, 7) is 5.89. The fourth-order valence-electron chi connectivity index (χ4n) is 4.76. The number of nitrogens with zero attached hydrogens (tertiary/aromatic N) is 5. The van der Waals surface area contributed by atoms with Gasteiger partial charge in [-0.3, -0.25) is 0 Å². The van der Waals surface area contributed by atoms with Gasteiger partial charge in [0.15, 0.2) is 0 Å². The number of hydrogen-bond donors (Lipinski definition) is 1. The highest BCUT2D eigenvalue weighted by Crippen LogP contribution is 2.29. The second-order valence-electron chi connectivity index (χ2n) is 7.83. The average Bonchev–Trinajstić information content (AvgIpc) is 3.20. The van der Waals surface area contributed by atoms with E-state index in [1.54, 1.807) is 12.1 Å². The Morgan fingerprint density at radius 2 is 1.89 bits per heavy atom. The van der Waals surface area contributed by atoms with Crippen molar-refractivity contribution in [2.24, 2.45) is 0 Å². The Hall–Kier alpha value is -2.02. The molecule has 146 valence electrons. The van der Waals surface area contributed by atoms with Crippen LogP contribution in [0.25, 0.3) is 0 Å². The van der Waals surface area contributed by atoms with Crippen molar-refractivity contribution in [1.29, 1.82) is 0 Å². The number of piperazine rings is 1. The van der Waals surface area contributed by atoms with Crippen molar-refractivity contribution in [2.75, 3.05) is 31.1 Å². The van der Waals surface area contributed by atoms with Crippen molar-refractivity contribution in [3.05, 3.63) is 35.9 Å². The zero-order chi connectivity index (χ0) is 18.6. The maximum atomic E-state index is 14.1. The number of tetrazole rings is 1. The molecule has 4 rings (SSSR count). The third kappa shape index (κ3) is 3.83. The topological polar surface area (TPSA) is 51.3 Å². The minimum absolute atomic E-state index is 0.130. The number of nitrogens with one attached hydrogen (secondary N) is 1. The molecule has 1 saturated carbocycles. The van der Waals surface area contributed by atoms with Crippen LogP contribution in [0.1, 0.15) is 63.4 Å². The van der Waals surface area contributed by atoms with Gasteiger partial charge >= 0.3 is 0 Å². The molecule has 1 N–H and O–H groups in total. The van der Waals surface area contributed by atoms with Crippen LogP contribution in [0.3, 0.4) is 0 Å². The summed E-state index contributed by atoms with van der Waals surface area (Å²) in [5.74, 6) is 0.910. The molecule has 2 fully saturated rings. The van der Waals surface area contributed by atoms with Crippen LogP contribution in [0, 0.1) is 5.82 Å². The molecule has 1 aliphatic carbocycles. The third-order valence-electron chi connectivity index (χ3n) is 6.25. The minimum atomic E-state index is -0.130. The molecule has 1 aliphatic heterocycles. The Morgan fingerprint density at radius 3 is 2.59 bits per heavy atom. The van der Waals surface area contributed by atoms with Crippen molar-refractivity contribution in [2.45, 2.75) is 57.5 Å². The highest BCUT2D eigenvalue weighted by atomic mass is 19.1. The fraction of sp³-hybridized carbons (Fsp3) is 0.650. The van der Waals surface area contributed by atoms with Crippen molar-refractivity contribution >= 4 is 5.69 Å². The van der Waals surface area contributed by atoms with E-state index in [-0.39, 0.29) is 5.82 Å². The van der Waals surface area contributed by atoms with E-state index < -0.39 is 0 Å². The first-order valence-corrected chi connectivity index (χ1v) is 10.4. The van der Waals surface area contributed by atoms with Gasteiger partial charge in [-0.25, -0.2) is 9.07 Å². The van der Waals surface area contributed by atoms with Gasteiger partial charge in [-0.15, -0.1) is 5.10 Å². The fourth-order valence-corrected chi connectivity index (χ4v) is 4.76. The lowest BCUT2D eigenvalue weighted by molar-refractivity contribution is -0.933. The van der Waals surface area contributed by atoms with Gasteiger partial charge in [0.05, 0.1) is 37.9 Å². The molecule has 1 aromatic heterocycles. The van der Waals surface area contributed by atoms with Crippen LogP contribution in [0.2, 0.25) is 0 Å². The van der Waals surface area contributed by atoms with E-state index in [1.165, 1.54) is 37.0 Å². The maximum Gasteiger partial charge on any atom is 0.209 e. The van der Waals surface area contributed by atoms with Crippen molar-refractivity contribution in [3.8, 4) is 0 Å². The summed E-state index contributed by atoms with van der Waals surface area (Å²) in [6.07, 6.45) is 7.26.